The number of para-hydroxylation sites is 2. The summed E-state index contributed by atoms with van der Waals surface area (Å²) >= 11 is 0. The minimum absolute atomic E-state index is 0.523. The van der Waals surface area contributed by atoms with Crippen LogP contribution >= 0.6 is 0 Å². The second kappa shape index (κ2) is 6.69. The maximum atomic E-state index is 4.87. The van der Waals surface area contributed by atoms with Crippen molar-refractivity contribution in [3.05, 3.63) is 66.0 Å². The Morgan fingerprint density at radius 3 is 2.07 bits per heavy atom. The Balaban J connectivity index is 1.82. The Bertz CT molecular complexity index is 1380. The van der Waals surface area contributed by atoms with Crippen LogP contribution in [0.4, 0.5) is 0 Å². The zero-order valence-corrected chi connectivity index (χ0v) is 17.6. The minimum atomic E-state index is 0.523. The van der Waals surface area contributed by atoms with Gasteiger partial charge in [0, 0.05) is 33.6 Å². The summed E-state index contributed by atoms with van der Waals surface area (Å²) in [5.74, 6) is 0.776. The molecule has 150 valence electrons. The summed E-state index contributed by atoms with van der Waals surface area (Å²) in [5, 5.41) is 3.94. The normalized spacial score (nSPS) is 15.5. The molecule has 0 unspecified atom stereocenters. The Kier molecular flexibility index (Phi) is 3.95. The maximum Gasteiger partial charge on any atom is 0.236 e. The summed E-state index contributed by atoms with van der Waals surface area (Å²) in [7, 11) is 0. The molecule has 3 aromatic heterocycles. The van der Waals surface area contributed by atoms with Crippen molar-refractivity contribution < 1.29 is 0 Å². The number of rotatable bonds is 2. The fourth-order valence-corrected chi connectivity index (χ4v) is 5.45. The molecule has 3 heterocycles. The van der Waals surface area contributed by atoms with E-state index in [9.17, 15) is 0 Å². The highest BCUT2D eigenvalue weighted by molar-refractivity contribution is 6.21. The average molecular weight is 395 g/mol. The van der Waals surface area contributed by atoms with Crippen molar-refractivity contribution in [1.82, 2.24) is 19.1 Å². The lowest BCUT2D eigenvalue weighted by atomic mass is 9.95. The quantitative estimate of drug-likeness (QED) is 0.336. The molecule has 0 bridgehead atoms. The van der Waals surface area contributed by atoms with Crippen LogP contribution in [-0.2, 0) is 0 Å². The van der Waals surface area contributed by atoms with Gasteiger partial charge in [0.25, 0.3) is 0 Å². The molecule has 0 saturated heterocycles. The smallest absolute Gasteiger partial charge is 0.236 e. The molecule has 4 heteroatoms. The molecule has 4 nitrogen and oxygen atoms in total. The van der Waals surface area contributed by atoms with Gasteiger partial charge in [0.2, 0.25) is 5.95 Å². The van der Waals surface area contributed by atoms with Crippen molar-refractivity contribution in [2.75, 3.05) is 0 Å². The van der Waals surface area contributed by atoms with E-state index in [0.29, 0.717) is 6.04 Å². The second-order valence-corrected chi connectivity index (χ2v) is 8.68. The number of fused-ring (bicyclic) bond motifs is 5. The minimum Gasteiger partial charge on any atom is -0.323 e. The van der Waals surface area contributed by atoms with Gasteiger partial charge in [-0.05, 0) is 44.9 Å². The molecule has 5 aromatic rings. The summed E-state index contributed by atoms with van der Waals surface area (Å²) in [6, 6.07) is 20.2. The van der Waals surface area contributed by atoms with Crippen molar-refractivity contribution in [2.45, 2.75) is 52.0 Å². The highest BCUT2D eigenvalue weighted by Gasteiger charge is 2.26. The first-order chi connectivity index (χ1) is 14.7. The molecule has 0 N–H and O–H groups in total. The molecular formula is C26H26N4. The van der Waals surface area contributed by atoms with Crippen LogP contribution in [0.2, 0.25) is 0 Å². The summed E-state index contributed by atoms with van der Waals surface area (Å²) in [6.07, 6.45) is 6.44. The molecule has 0 atom stereocenters. The lowest BCUT2D eigenvalue weighted by Gasteiger charge is -2.25. The summed E-state index contributed by atoms with van der Waals surface area (Å²) in [4.78, 5) is 9.74. The van der Waals surface area contributed by atoms with Crippen molar-refractivity contribution >= 4 is 32.8 Å². The molecule has 0 radical (unpaired) electrons. The molecule has 1 aliphatic rings. The predicted octanol–water partition coefficient (Wildman–Crippen LogP) is 6.65. The van der Waals surface area contributed by atoms with E-state index in [-0.39, 0.29) is 0 Å². The first-order valence-electron chi connectivity index (χ1n) is 11.1. The molecule has 30 heavy (non-hydrogen) atoms. The van der Waals surface area contributed by atoms with Gasteiger partial charge in [0.05, 0.1) is 11.0 Å². The average Bonchev–Trinajstić information content (AvgIpc) is 3.26. The van der Waals surface area contributed by atoms with E-state index in [1.807, 2.05) is 6.07 Å². The van der Waals surface area contributed by atoms with E-state index in [0.717, 1.165) is 17.3 Å². The van der Waals surface area contributed by atoms with E-state index in [1.54, 1.807) is 0 Å². The highest BCUT2D eigenvalue weighted by atomic mass is 15.2. The van der Waals surface area contributed by atoms with Crippen molar-refractivity contribution in [3.63, 3.8) is 0 Å². The Morgan fingerprint density at radius 2 is 1.37 bits per heavy atom. The van der Waals surface area contributed by atoms with Gasteiger partial charge in [0.1, 0.15) is 5.65 Å². The third kappa shape index (κ3) is 2.53. The SMILES string of the molecule is Cc1cc(C)nc(-n2c3ccccc3c3c4ccccc4n(C4CCCCC4)c32)n1. The molecule has 1 aliphatic carbocycles. The third-order valence-corrected chi connectivity index (χ3v) is 6.62. The Labute approximate surface area is 176 Å². The predicted molar refractivity (Wildman–Crippen MR) is 123 cm³/mol. The first-order valence-corrected chi connectivity index (χ1v) is 11.1. The Hall–Kier alpha value is -3.14. The van der Waals surface area contributed by atoms with Gasteiger partial charge in [0.15, 0.2) is 0 Å². The number of aromatic nitrogens is 4. The van der Waals surface area contributed by atoms with Crippen LogP contribution in [0.3, 0.4) is 0 Å². The summed E-state index contributed by atoms with van der Waals surface area (Å²) in [6.45, 7) is 4.11. The van der Waals surface area contributed by atoms with E-state index < -0.39 is 0 Å². The zero-order valence-electron chi connectivity index (χ0n) is 17.6. The van der Waals surface area contributed by atoms with Crippen molar-refractivity contribution in [2.24, 2.45) is 0 Å². The van der Waals surface area contributed by atoms with Gasteiger partial charge >= 0.3 is 0 Å². The van der Waals surface area contributed by atoms with Crippen LogP contribution in [0.5, 0.6) is 0 Å². The van der Waals surface area contributed by atoms with Gasteiger partial charge in [-0.15, -0.1) is 0 Å². The number of hydrogen-bond acceptors (Lipinski definition) is 2. The van der Waals surface area contributed by atoms with Gasteiger partial charge in [-0.2, -0.15) is 0 Å². The molecule has 1 saturated carbocycles. The molecule has 2 aromatic carbocycles. The Morgan fingerprint density at radius 1 is 0.767 bits per heavy atom. The van der Waals surface area contributed by atoms with Crippen LogP contribution in [0.25, 0.3) is 38.8 Å². The second-order valence-electron chi connectivity index (χ2n) is 8.68. The van der Waals surface area contributed by atoms with Gasteiger partial charge < -0.3 is 4.57 Å². The third-order valence-electron chi connectivity index (χ3n) is 6.62. The first kappa shape index (κ1) is 17.7. The van der Waals surface area contributed by atoms with E-state index in [1.165, 1.54) is 64.9 Å². The topological polar surface area (TPSA) is 35.6 Å². The molecule has 1 fully saturated rings. The molecule has 6 rings (SSSR count). The number of benzene rings is 2. The lowest BCUT2D eigenvalue weighted by Crippen LogP contribution is -2.15. The number of hydrogen-bond donors (Lipinski definition) is 0. The number of aryl methyl sites for hydroxylation is 2. The maximum absolute atomic E-state index is 4.87. The molecule has 0 amide bonds. The van der Waals surface area contributed by atoms with E-state index >= 15 is 0 Å². The fraction of sp³-hybridized carbons (Fsp3) is 0.308. The molecule has 0 spiro atoms. The zero-order chi connectivity index (χ0) is 20.2. The van der Waals surface area contributed by atoms with Gasteiger partial charge in [-0.1, -0.05) is 55.7 Å². The van der Waals surface area contributed by atoms with Crippen LogP contribution in [-0.4, -0.2) is 19.1 Å². The fourth-order valence-electron chi connectivity index (χ4n) is 5.45. The van der Waals surface area contributed by atoms with E-state index in [2.05, 4.69) is 71.5 Å². The van der Waals surface area contributed by atoms with Crippen molar-refractivity contribution in [3.8, 4) is 5.95 Å². The van der Waals surface area contributed by atoms with Gasteiger partial charge in [-0.3, -0.25) is 4.57 Å². The number of nitrogens with zero attached hydrogens (tertiary/aromatic N) is 4. The summed E-state index contributed by atoms with van der Waals surface area (Å²) < 4.78 is 4.91. The standard InChI is InChI=1S/C26H26N4/c1-17-16-18(2)28-26(27-17)30-23-15-9-7-13-21(23)24-20-12-6-8-14-22(20)29(25(24)30)19-10-4-3-5-11-19/h6-9,12-16,19H,3-5,10-11H2,1-2H3. The molecular weight excluding hydrogens is 368 g/mol. The highest BCUT2D eigenvalue weighted by Crippen LogP contribution is 2.42. The van der Waals surface area contributed by atoms with Crippen LogP contribution in [0.1, 0.15) is 49.5 Å². The largest absolute Gasteiger partial charge is 0.323 e. The van der Waals surface area contributed by atoms with Crippen molar-refractivity contribution in [1.29, 1.82) is 0 Å². The van der Waals surface area contributed by atoms with Crippen LogP contribution < -0.4 is 0 Å². The van der Waals surface area contributed by atoms with Gasteiger partial charge in [-0.25, -0.2) is 9.97 Å². The monoisotopic (exact) mass is 394 g/mol. The van der Waals surface area contributed by atoms with E-state index in [4.69, 9.17) is 9.97 Å². The van der Waals surface area contributed by atoms with Crippen LogP contribution in [0.15, 0.2) is 54.6 Å². The lowest BCUT2D eigenvalue weighted by molar-refractivity contribution is 0.365. The van der Waals surface area contributed by atoms with Crippen LogP contribution in [0, 0.1) is 13.8 Å². The molecule has 0 aliphatic heterocycles. The summed E-state index contributed by atoms with van der Waals surface area (Å²) in [5.41, 5.74) is 5.77.